The highest BCUT2D eigenvalue weighted by molar-refractivity contribution is 7.89. The monoisotopic (exact) mass is 181 g/mol. The third-order valence-electron chi connectivity index (χ3n) is 1.26. The summed E-state index contributed by atoms with van der Waals surface area (Å²) in [5.41, 5.74) is 0. The smallest absolute Gasteiger partial charge is 0.306 e. The fourth-order valence-electron chi connectivity index (χ4n) is 0.465. The van der Waals surface area contributed by atoms with Crippen LogP contribution in [-0.4, -0.2) is 25.2 Å². The lowest BCUT2D eigenvalue weighted by Crippen LogP contribution is -2.20. The zero-order chi connectivity index (χ0) is 9.07. The number of carbonyl (C=O) groups is 1. The Morgan fingerprint density at radius 3 is 2.36 bits per heavy atom. The van der Waals surface area contributed by atoms with E-state index in [0.717, 1.165) is 0 Å². The van der Waals surface area contributed by atoms with Gasteiger partial charge in [0.2, 0.25) is 10.0 Å². The summed E-state index contributed by atoms with van der Waals surface area (Å²) in [5.74, 6) is -1.94. The van der Waals surface area contributed by atoms with Gasteiger partial charge >= 0.3 is 5.97 Å². The molecule has 1 unspecified atom stereocenters. The Kier molecular flexibility index (Phi) is 3.47. The van der Waals surface area contributed by atoms with Gasteiger partial charge in [-0.15, -0.1) is 0 Å². The number of nitrogens with two attached hydrogens (primary N) is 1. The number of sulfonamides is 1. The topological polar surface area (TPSA) is 97.5 Å². The summed E-state index contributed by atoms with van der Waals surface area (Å²) in [5, 5.41) is 13.0. The molecule has 66 valence electrons. The minimum Gasteiger partial charge on any atom is -0.481 e. The first kappa shape index (κ1) is 10.4. The minimum absolute atomic E-state index is 0.0637. The first-order valence-corrected chi connectivity index (χ1v) is 4.78. The fourth-order valence-corrected chi connectivity index (χ4v) is 1.15. The molecule has 3 N–H and O–H groups in total. The molecular weight excluding hydrogens is 170 g/mol. The molecular formula is C5H11NO4S. The minimum atomic E-state index is -3.52. The Morgan fingerprint density at radius 2 is 2.09 bits per heavy atom. The Balaban J connectivity index is 3.82. The van der Waals surface area contributed by atoms with E-state index in [4.69, 9.17) is 5.11 Å². The summed E-state index contributed by atoms with van der Waals surface area (Å²) >= 11 is 0. The van der Waals surface area contributed by atoms with Crippen molar-refractivity contribution in [3.63, 3.8) is 0 Å². The maximum atomic E-state index is 10.3. The van der Waals surface area contributed by atoms with Crippen LogP contribution in [0.3, 0.4) is 0 Å². The van der Waals surface area contributed by atoms with Crippen LogP contribution in [0.5, 0.6) is 0 Å². The van der Waals surface area contributed by atoms with Gasteiger partial charge in [0.15, 0.2) is 0 Å². The summed E-state index contributed by atoms with van der Waals surface area (Å²) in [7, 11) is -3.52. The lowest BCUT2D eigenvalue weighted by Gasteiger charge is -2.02. The van der Waals surface area contributed by atoms with E-state index in [1.54, 1.807) is 0 Å². The van der Waals surface area contributed by atoms with E-state index in [0.29, 0.717) is 0 Å². The van der Waals surface area contributed by atoms with Crippen molar-refractivity contribution in [2.75, 3.05) is 5.75 Å². The Bertz CT molecular complexity index is 233. The second kappa shape index (κ2) is 3.68. The molecule has 5 nitrogen and oxygen atoms in total. The van der Waals surface area contributed by atoms with Crippen molar-refractivity contribution >= 4 is 16.0 Å². The molecule has 6 heteroatoms. The highest BCUT2D eigenvalue weighted by Crippen LogP contribution is 2.02. The SMILES string of the molecule is CC(CCS(N)(=O)=O)C(=O)O. The molecule has 0 bridgehead atoms. The summed E-state index contributed by atoms with van der Waals surface area (Å²) in [6.07, 6.45) is 0.0637. The number of carboxylic acids is 1. The molecule has 0 aliphatic heterocycles. The molecule has 0 heterocycles. The number of hydrogen-bond acceptors (Lipinski definition) is 3. The normalized spacial score (nSPS) is 14.4. The quantitative estimate of drug-likeness (QED) is 0.604. The van der Waals surface area contributed by atoms with Crippen LogP contribution in [-0.2, 0) is 14.8 Å². The van der Waals surface area contributed by atoms with Gasteiger partial charge in [0.1, 0.15) is 0 Å². The van der Waals surface area contributed by atoms with Gasteiger partial charge in [0.25, 0.3) is 0 Å². The van der Waals surface area contributed by atoms with Crippen molar-refractivity contribution in [1.82, 2.24) is 0 Å². The Hall–Kier alpha value is -0.620. The van der Waals surface area contributed by atoms with E-state index < -0.39 is 21.9 Å². The van der Waals surface area contributed by atoms with Gasteiger partial charge in [0.05, 0.1) is 11.7 Å². The van der Waals surface area contributed by atoms with Gasteiger partial charge in [0, 0.05) is 0 Å². The molecule has 0 aliphatic rings. The fraction of sp³-hybridized carbons (Fsp3) is 0.800. The predicted molar refractivity (Wildman–Crippen MR) is 39.4 cm³/mol. The molecule has 0 rings (SSSR count). The van der Waals surface area contributed by atoms with Crippen LogP contribution in [0.15, 0.2) is 0 Å². The van der Waals surface area contributed by atoms with Crippen LogP contribution < -0.4 is 5.14 Å². The molecule has 0 radical (unpaired) electrons. The van der Waals surface area contributed by atoms with E-state index in [1.165, 1.54) is 6.92 Å². The van der Waals surface area contributed by atoms with Gasteiger partial charge in [-0.3, -0.25) is 4.79 Å². The third-order valence-corrected chi connectivity index (χ3v) is 2.06. The first-order valence-electron chi connectivity index (χ1n) is 3.06. The van der Waals surface area contributed by atoms with Crippen LogP contribution in [0.1, 0.15) is 13.3 Å². The number of carboxylic acid groups (broad SMARTS) is 1. The van der Waals surface area contributed by atoms with E-state index in [2.05, 4.69) is 5.14 Å². The van der Waals surface area contributed by atoms with Crippen LogP contribution in [0.2, 0.25) is 0 Å². The molecule has 0 aromatic rings. The highest BCUT2D eigenvalue weighted by atomic mass is 32.2. The van der Waals surface area contributed by atoms with E-state index in [-0.39, 0.29) is 12.2 Å². The van der Waals surface area contributed by atoms with Crippen LogP contribution >= 0.6 is 0 Å². The van der Waals surface area contributed by atoms with Crippen molar-refractivity contribution in [1.29, 1.82) is 0 Å². The van der Waals surface area contributed by atoms with Gasteiger partial charge in [-0.1, -0.05) is 6.92 Å². The second-order valence-corrected chi connectivity index (χ2v) is 4.13. The zero-order valence-electron chi connectivity index (χ0n) is 6.15. The predicted octanol–water partition coefficient (Wildman–Crippen LogP) is -0.614. The summed E-state index contributed by atoms with van der Waals surface area (Å²) in [6.45, 7) is 1.44. The Labute approximate surface area is 65.3 Å². The van der Waals surface area contributed by atoms with Gasteiger partial charge in [-0.25, -0.2) is 13.6 Å². The summed E-state index contributed by atoms with van der Waals surface area (Å²) in [4.78, 5) is 10.2. The van der Waals surface area contributed by atoms with E-state index in [1.807, 2.05) is 0 Å². The van der Waals surface area contributed by atoms with Crippen LogP contribution in [0.25, 0.3) is 0 Å². The van der Waals surface area contributed by atoms with Gasteiger partial charge in [-0.05, 0) is 6.42 Å². The lowest BCUT2D eigenvalue weighted by molar-refractivity contribution is -0.141. The van der Waals surface area contributed by atoms with Crippen molar-refractivity contribution in [3.05, 3.63) is 0 Å². The Morgan fingerprint density at radius 1 is 1.64 bits per heavy atom. The molecule has 0 aromatic carbocycles. The summed E-state index contributed by atoms with van der Waals surface area (Å²) in [6, 6.07) is 0. The molecule has 0 spiro atoms. The van der Waals surface area contributed by atoms with Gasteiger partial charge in [-0.2, -0.15) is 0 Å². The molecule has 1 atom stereocenters. The lowest BCUT2D eigenvalue weighted by atomic mass is 10.1. The van der Waals surface area contributed by atoms with Crippen LogP contribution in [0.4, 0.5) is 0 Å². The van der Waals surface area contributed by atoms with E-state index >= 15 is 0 Å². The number of primary sulfonamides is 1. The number of aliphatic carboxylic acids is 1. The molecule has 0 aliphatic carbocycles. The average Bonchev–Trinajstić information content (AvgIpc) is 1.80. The van der Waals surface area contributed by atoms with E-state index in [9.17, 15) is 13.2 Å². The average molecular weight is 181 g/mol. The number of rotatable bonds is 4. The van der Waals surface area contributed by atoms with Crippen molar-refractivity contribution in [2.24, 2.45) is 11.1 Å². The standard InChI is InChI=1S/C5H11NO4S/c1-4(5(7)8)2-3-11(6,9)10/h4H,2-3H2,1H3,(H,7,8)(H2,6,9,10). The maximum absolute atomic E-state index is 10.3. The van der Waals surface area contributed by atoms with Gasteiger partial charge < -0.3 is 5.11 Å². The molecule has 0 saturated heterocycles. The number of hydrogen-bond donors (Lipinski definition) is 2. The molecule has 0 saturated carbocycles. The maximum Gasteiger partial charge on any atom is 0.306 e. The van der Waals surface area contributed by atoms with Crippen LogP contribution in [0, 0.1) is 5.92 Å². The zero-order valence-corrected chi connectivity index (χ0v) is 6.97. The molecule has 0 amide bonds. The third kappa shape index (κ3) is 5.81. The highest BCUT2D eigenvalue weighted by Gasteiger charge is 2.13. The summed E-state index contributed by atoms with van der Waals surface area (Å²) < 4.78 is 20.7. The molecule has 0 aromatic heterocycles. The molecule has 11 heavy (non-hydrogen) atoms. The molecule has 0 fully saturated rings. The largest absolute Gasteiger partial charge is 0.481 e. The van der Waals surface area contributed by atoms with Crippen molar-refractivity contribution in [2.45, 2.75) is 13.3 Å². The second-order valence-electron chi connectivity index (χ2n) is 2.39. The first-order chi connectivity index (χ1) is 4.83. The van der Waals surface area contributed by atoms with Crippen molar-refractivity contribution in [3.8, 4) is 0 Å². The van der Waals surface area contributed by atoms with Crippen molar-refractivity contribution < 1.29 is 18.3 Å².